The van der Waals surface area contributed by atoms with Crippen molar-refractivity contribution in [3.05, 3.63) is 41.3 Å². The van der Waals surface area contributed by atoms with Crippen molar-refractivity contribution in [3.63, 3.8) is 0 Å². The van der Waals surface area contributed by atoms with Gasteiger partial charge in [-0.1, -0.05) is 17.3 Å². The lowest BCUT2D eigenvalue weighted by atomic mass is 10.1. The Hall–Kier alpha value is -2.30. The first-order valence-corrected chi connectivity index (χ1v) is 6.56. The van der Waals surface area contributed by atoms with E-state index >= 15 is 0 Å². The van der Waals surface area contributed by atoms with Crippen LogP contribution < -0.4 is 9.64 Å². The molecule has 1 aliphatic heterocycles. The second kappa shape index (κ2) is 5.00. The number of carbonyl (C=O) groups excluding carboxylic acids is 1. The van der Waals surface area contributed by atoms with Gasteiger partial charge in [-0.25, -0.2) is 0 Å². The van der Waals surface area contributed by atoms with Crippen molar-refractivity contribution in [1.82, 2.24) is 5.16 Å². The van der Waals surface area contributed by atoms with E-state index < -0.39 is 0 Å². The molecule has 0 radical (unpaired) electrons. The van der Waals surface area contributed by atoms with Gasteiger partial charge < -0.3 is 14.2 Å². The van der Waals surface area contributed by atoms with E-state index in [9.17, 15) is 4.79 Å². The zero-order chi connectivity index (χ0) is 14.1. The predicted octanol–water partition coefficient (Wildman–Crippen LogP) is 2.58. The van der Waals surface area contributed by atoms with Gasteiger partial charge in [0.25, 0.3) is 0 Å². The zero-order valence-electron chi connectivity index (χ0n) is 11.5. The van der Waals surface area contributed by atoms with Crippen molar-refractivity contribution >= 4 is 11.5 Å². The highest BCUT2D eigenvalue weighted by molar-refractivity contribution is 6.01. The van der Waals surface area contributed by atoms with Gasteiger partial charge in [0.05, 0.1) is 7.11 Å². The van der Waals surface area contributed by atoms with E-state index in [1.807, 2.05) is 31.2 Å². The highest BCUT2D eigenvalue weighted by Crippen LogP contribution is 2.31. The molecule has 0 aliphatic carbocycles. The van der Waals surface area contributed by atoms with Crippen LogP contribution in [0.5, 0.6) is 5.75 Å². The number of fused-ring (bicyclic) bond motifs is 1. The van der Waals surface area contributed by atoms with Gasteiger partial charge in [0, 0.05) is 19.5 Å². The van der Waals surface area contributed by atoms with Gasteiger partial charge in [0.15, 0.2) is 17.2 Å². The smallest absolute Gasteiger partial charge is 0.188 e. The van der Waals surface area contributed by atoms with Crippen molar-refractivity contribution in [1.29, 1.82) is 0 Å². The Morgan fingerprint density at radius 1 is 1.35 bits per heavy atom. The van der Waals surface area contributed by atoms with Gasteiger partial charge in [-0.3, -0.25) is 4.79 Å². The first-order valence-electron chi connectivity index (χ1n) is 6.56. The molecule has 0 bridgehead atoms. The molecule has 0 unspecified atom stereocenters. The Kier molecular flexibility index (Phi) is 3.18. The lowest BCUT2D eigenvalue weighted by Gasteiger charge is -2.27. The molecular weight excluding hydrogens is 256 g/mol. The molecule has 104 valence electrons. The third-order valence-electron chi connectivity index (χ3n) is 3.55. The number of rotatable bonds is 3. The summed E-state index contributed by atoms with van der Waals surface area (Å²) in [7, 11) is 1.65. The molecule has 2 aromatic rings. The van der Waals surface area contributed by atoms with Crippen molar-refractivity contribution in [2.45, 2.75) is 19.9 Å². The molecule has 0 saturated carbocycles. The van der Waals surface area contributed by atoms with E-state index in [1.54, 1.807) is 7.11 Å². The quantitative estimate of drug-likeness (QED) is 0.859. The van der Waals surface area contributed by atoms with Crippen LogP contribution in [0.2, 0.25) is 0 Å². The normalized spacial score (nSPS) is 14.3. The maximum atomic E-state index is 11.8. The predicted molar refractivity (Wildman–Crippen MR) is 74.2 cm³/mol. The van der Waals surface area contributed by atoms with Gasteiger partial charge in [0.2, 0.25) is 0 Å². The Labute approximate surface area is 117 Å². The van der Waals surface area contributed by atoms with Crippen molar-refractivity contribution in [2.24, 2.45) is 0 Å². The summed E-state index contributed by atoms with van der Waals surface area (Å²) in [6.07, 6.45) is 0.481. The van der Waals surface area contributed by atoms with Crippen LogP contribution in [0.4, 0.5) is 5.69 Å². The van der Waals surface area contributed by atoms with Gasteiger partial charge in [-0.2, -0.15) is 0 Å². The minimum Gasteiger partial charge on any atom is -0.497 e. The number of aromatic nitrogens is 1. The maximum absolute atomic E-state index is 11.8. The molecule has 5 nitrogen and oxygen atoms in total. The van der Waals surface area contributed by atoms with E-state index in [-0.39, 0.29) is 5.78 Å². The molecular formula is C15H16N2O3. The number of hydrogen-bond acceptors (Lipinski definition) is 5. The first kappa shape index (κ1) is 12.7. The number of nitrogens with zero attached hydrogens (tertiary/aromatic N) is 2. The van der Waals surface area contributed by atoms with Crippen LogP contribution >= 0.6 is 0 Å². The molecule has 1 aromatic carbocycles. The Morgan fingerprint density at radius 2 is 2.10 bits per heavy atom. The summed E-state index contributed by atoms with van der Waals surface area (Å²) in [5, 5.41) is 3.87. The number of anilines is 1. The highest BCUT2D eigenvalue weighted by atomic mass is 16.5. The van der Waals surface area contributed by atoms with Crippen molar-refractivity contribution < 1.29 is 14.1 Å². The van der Waals surface area contributed by atoms with Crippen LogP contribution in [0.3, 0.4) is 0 Å². The van der Waals surface area contributed by atoms with Crippen molar-refractivity contribution in [2.75, 3.05) is 18.6 Å². The molecule has 20 heavy (non-hydrogen) atoms. The minimum atomic E-state index is 0.0582. The lowest BCUT2D eigenvalue weighted by molar-refractivity contribution is 0.0971. The van der Waals surface area contributed by atoms with Crippen molar-refractivity contribution in [3.8, 4) is 5.75 Å². The van der Waals surface area contributed by atoms with E-state index in [0.29, 0.717) is 24.4 Å². The number of methoxy groups -OCH3 is 1. The van der Waals surface area contributed by atoms with Crippen LogP contribution in [-0.2, 0) is 6.54 Å². The van der Waals surface area contributed by atoms with E-state index in [1.165, 1.54) is 0 Å². The Balaban J connectivity index is 1.86. The maximum Gasteiger partial charge on any atom is 0.188 e. The number of Topliss-reactive ketones (excluding diaryl/α,β-unsaturated/α-hetero) is 1. The molecule has 0 amide bonds. The molecule has 0 fully saturated rings. The van der Waals surface area contributed by atoms with Gasteiger partial charge in [-0.05, 0) is 24.6 Å². The second-order valence-corrected chi connectivity index (χ2v) is 4.88. The lowest BCUT2D eigenvalue weighted by Crippen LogP contribution is -2.31. The fraction of sp³-hybridized carbons (Fsp3) is 0.333. The summed E-state index contributed by atoms with van der Waals surface area (Å²) < 4.78 is 10.3. The Morgan fingerprint density at radius 3 is 2.80 bits per heavy atom. The van der Waals surface area contributed by atoms with Gasteiger partial charge in [-0.15, -0.1) is 0 Å². The average Bonchev–Trinajstić information content (AvgIpc) is 2.86. The molecule has 1 aliphatic rings. The summed E-state index contributed by atoms with van der Waals surface area (Å²) in [5.74, 6) is 1.59. The van der Waals surface area contributed by atoms with Crippen LogP contribution in [0.1, 0.15) is 28.2 Å². The fourth-order valence-corrected chi connectivity index (χ4v) is 2.50. The molecule has 0 N–H and O–H groups in total. The van der Waals surface area contributed by atoms with Gasteiger partial charge in [0.1, 0.15) is 11.4 Å². The third-order valence-corrected chi connectivity index (χ3v) is 3.55. The van der Waals surface area contributed by atoms with Crippen LogP contribution in [-0.4, -0.2) is 24.6 Å². The number of hydrogen-bond donors (Lipinski definition) is 0. The number of aryl methyl sites for hydroxylation is 1. The average molecular weight is 272 g/mol. The van der Waals surface area contributed by atoms with Crippen LogP contribution in [0.15, 0.2) is 28.8 Å². The summed E-state index contributed by atoms with van der Waals surface area (Å²) in [6, 6.07) is 7.92. The largest absolute Gasteiger partial charge is 0.497 e. The van der Waals surface area contributed by atoms with Gasteiger partial charge >= 0.3 is 0 Å². The zero-order valence-corrected chi connectivity index (χ0v) is 11.5. The van der Waals surface area contributed by atoms with E-state index in [4.69, 9.17) is 9.26 Å². The molecule has 0 atom stereocenters. The highest BCUT2D eigenvalue weighted by Gasteiger charge is 2.29. The number of ether oxygens (including phenoxy) is 1. The summed E-state index contributed by atoms with van der Waals surface area (Å²) in [6.45, 7) is 3.26. The topological polar surface area (TPSA) is 55.6 Å². The standard InChI is InChI=1S/C15H16N2O3/c1-10-15-14(16-20-10)13(18)7-8-17(15)9-11-3-5-12(19-2)6-4-11/h3-6H,7-9H2,1-2H3. The van der Waals surface area contributed by atoms with Crippen LogP contribution in [0, 0.1) is 6.92 Å². The Bertz CT molecular complexity index is 631. The minimum absolute atomic E-state index is 0.0582. The second-order valence-electron chi connectivity index (χ2n) is 4.88. The summed E-state index contributed by atoms with van der Waals surface area (Å²) in [4.78, 5) is 14.0. The monoisotopic (exact) mass is 272 g/mol. The van der Waals surface area contributed by atoms with E-state index in [0.717, 1.165) is 23.5 Å². The molecule has 0 saturated heterocycles. The summed E-state index contributed by atoms with van der Waals surface area (Å²) >= 11 is 0. The molecule has 2 heterocycles. The SMILES string of the molecule is COc1ccc(CN2CCC(=O)c3noc(C)c32)cc1. The third kappa shape index (κ3) is 2.15. The number of carbonyl (C=O) groups is 1. The number of ketones is 1. The number of benzene rings is 1. The molecule has 3 rings (SSSR count). The molecule has 1 aromatic heterocycles. The summed E-state index contributed by atoms with van der Waals surface area (Å²) in [5.41, 5.74) is 2.45. The van der Waals surface area contributed by atoms with Crippen LogP contribution in [0.25, 0.3) is 0 Å². The molecule has 5 heteroatoms. The van der Waals surface area contributed by atoms with E-state index in [2.05, 4.69) is 10.1 Å². The first-order chi connectivity index (χ1) is 9.69. The fourth-order valence-electron chi connectivity index (χ4n) is 2.50. The molecule has 0 spiro atoms.